The first kappa shape index (κ1) is 15.1. The summed E-state index contributed by atoms with van der Waals surface area (Å²) in [5.41, 5.74) is 6.13. The van der Waals surface area contributed by atoms with Crippen LogP contribution in [0.1, 0.15) is 6.42 Å². The molecule has 2 aromatic rings. The topological polar surface area (TPSA) is 77.2 Å². The van der Waals surface area contributed by atoms with Gasteiger partial charge in [0.05, 0.1) is 35.6 Å². The minimum Gasteiger partial charge on any atom is -0.491 e. The van der Waals surface area contributed by atoms with Crippen molar-refractivity contribution in [1.82, 2.24) is 4.98 Å². The van der Waals surface area contributed by atoms with Crippen molar-refractivity contribution in [3.8, 4) is 5.75 Å². The van der Waals surface area contributed by atoms with Crippen LogP contribution in [0, 0.1) is 5.82 Å². The van der Waals surface area contributed by atoms with Crippen LogP contribution in [0.25, 0.3) is 0 Å². The Bertz CT molecular complexity index is 652. The zero-order chi connectivity index (χ0) is 15.2. The van der Waals surface area contributed by atoms with Crippen LogP contribution in [0.2, 0.25) is 5.02 Å². The van der Waals surface area contributed by atoms with Gasteiger partial charge >= 0.3 is 0 Å². The van der Waals surface area contributed by atoms with Crippen LogP contribution in [-0.4, -0.2) is 17.5 Å². The van der Waals surface area contributed by atoms with Gasteiger partial charge in [-0.15, -0.1) is 0 Å². The van der Waals surface area contributed by atoms with Crippen molar-refractivity contribution in [2.24, 2.45) is 0 Å². The average Bonchev–Trinajstić information content (AvgIpc) is 2.42. The molecule has 110 valence electrons. The highest BCUT2D eigenvalue weighted by Crippen LogP contribution is 2.19. The van der Waals surface area contributed by atoms with Crippen molar-refractivity contribution in [2.45, 2.75) is 6.42 Å². The minimum absolute atomic E-state index is 0.114. The van der Waals surface area contributed by atoms with Gasteiger partial charge in [-0.05, 0) is 18.2 Å². The van der Waals surface area contributed by atoms with Crippen LogP contribution < -0.4 is 15.8 Å². The molecule has 1 aromatic carbocycles. The molecule has 0 bridgehead atoms. The Kier molecular flexibility index (Phi) is 4.94. The molecule has 0 saturated heterocycles. The number of aromatic nitrogens is 1. The number of amides is 1. The average molecular weight is 310 g/mol. The van der Waals surface area contributed by atoms with Gasteiger partial charge in [-0.2, -0.15) is 0 Å². The molecule has 21 heavy (non-hydrogen) atoms. The summed E-state index contributed by atoms with van der Waals surface area (Å²) < 4.78 is 18.2. The Balaban J connectivity index is 1.82. The Labute approximate surface area is 125 Å². The van der Waals surface area contributed by atoms with Gasteiger partial charge < -0.3 is 15.8 Å². The summed E-state index contributed by atoms with van der Waals surface area (Å²) >= 11 is 5.76. The number of hydrogen-bond donors (Lipinski definition) is 2. The van der Waals surface area contributed by atoms with Crippen LogP contribution in [0.4, 0.5) is 15.8 Å². The molecule has 0 unspecified atom stereocenters. The molecular formula is C14H13ClFN3O2. The molecule has 0 atom stereocenters. The fourth-order valence-corrected chi connectivity index (χ4v) is 1.76. The van der Waals surface area contributed by atoms with Crippen LogP contribution in [0.15, 0.2) is 36.7 Å². The molecule has 7 heteroatoms. The summed E-state index contributed by atoms with van der Waals surface area (Å²) in [5, 5.41) is 3.04. The van der Waals surface area contributed by atoms with E-state index in [1.54, 1.807) is 6.07 Å². The molecule has 2 rings (SSSR count). The van der Waals surface area contributed by atoms with Crippen molar-refractivity contribution >= 4 is 28.9 Å². The molecule has 0 saturated carbocycles. The fourth-order valence-electron chi connectivity index (χ4n) is 1.59. The maximum Gasteiger partial charge on any atom is 0.227 e. The molecule has 0 aliphatic rings. The SMILES string of the molecule is Nc1cc(F)ccc1NC(=O)CCOc1cncc(Cl)c1. The molecule has 1 heterocycles. The number of nitrogens with one attached hydrogen (secondary N) is 1. The summed E-state index contributed by atoms with van der Waals surface area (Å²) in [6, 6.07) is 5.37. The lowest BCUT2D eigenvalue weighted by molar-refractivity contribution is -0.116. The second-order valence-corrected chi connectivity index (χ2v) is 4.65. The van der Waals surface area contributed by atoms with E-state index >= 15 is 0 Å². The Hall–Kier alpha value is -2.34. The first-order chi connectivity index (χ1) is 10.0. The minimum atomic E-state index is -0.456. The molecular weight excluding hydrogens is 297 g/mol. The second-order valence-electron chi connectivity index (χ2n) is 4.22. The Morgan fingerprint density at radius 3 is 2.90 bits per heavy atom. The number of halogens is 2. The first-order valence-corrected chi connectivity index (χ1v) is 6.50. The highest BCUT2D eigenvalue weighted by atomic mass is 35.5. The van der Waals surface area contributed by atoms with Crippen molar-refractivity contribution < 1.29 is 13.9 Å². The number of carbonyl (C=O) groups excluding carboxylic acids is 1. The Morgan fingerprint density at radius 2 is 2.19 bits per heavy atom. The smallest absolute Gasteiger partial charge is 0.227 e. The predicted octanol–water partition coefficient (Wildman–Crippen LogP) is 2.86. The number of rotatable bonds is 5. The van der Waals surface area contributed by atoms with Crippen LogP contribution in [0.3, 0.4) is 0 Å². The molecule has 0 aliphatic carbocycles. The van der Waals surface area contributed by atoms with E-state index < -0.39 is 5.82 Å². The second kappa shape index (κ2) is 6.90. The summed E-state index contributed by atoms with van der Waals surface area (Å²) in [5.74, 6) is -0.262. The molecule has 1 aromatic heterocycles. The largest absolute Gasteiger partial charge is 0.491 e. The summed E-state index contributed by atoms with van der Waals surface area (Å²) in [6.45, 7) is 0.162. The molecule has 0 aliphatic heterocycles. The van der Waals surface area contributed by atoms with Crippen molar-refractivity contribution in [3.63, 3.8) is 0 Å². The van der Waals surface area contributed by atoms with E-state index in [1.807, 2.05) is 0 Å². The molecule has 0 radical (unpaired) electrons. The third-order valence-electron chi connectivity index (χ3n) is 2.57. The lowest BCUT2D eigenvalue weighted by atomic mass is 10.2. The maximum atomic E-state index is 12.9. The number of nitrogen functional groups attached to an aromatic ring is 1. The van der Waals surface area contributed by atoms with Crippen LogP contribution in [-0.2, 0) is 4.79 Å². The van der Waals surface area contributed by atoms with Gasteiger partial charge in [0.1, 0.15) is 11.6 Å². The number of nitrogens with zero attached hydrogens (tertiary/aromatic N) is 1. The van der Waals surface area contributed by atoms with E-state index in [2.05, 4.69) is 10.3 Å². The number of benzene rings is 1. The van der Waals surface area contributed by atoms with E-state index in [1.165, 1.54) is 24.5 Å². The quantitative estimate of drug-likeness (QED) is 0.833. The molecule has 3 N–H and O–H groups in total. The van der Waals surface area contributed by atoms with Gasteiger partial charge in [0.25, 0.3) is 0 Å². The van der Waals surface area contributed by atoms with E-state index in [-0.39, 0.29) is 24.6 Å². The van der Waals surface area contributed by atoms with Crippen molar-refractivity contribution in [1.29, 1.82) is 0 Å². The molecule has 0 spiro atoms. The predicted molar refractivity (Wildman–Crippen MR) is 78.8 cm³/mol. The summed E-state index contributed by atoms with van der Waals surface area (Å²) in [6.07, 6.45) is 3.10. The van der Waals surface area contributed by atoms with E-state index in [0.29, 0.717) is 16.5 Å². The monoisotopic (exact) mass is 309 g/mol. The number of ether oxygens (including phenoxy) is 1. The lowest BCUT2D eigenvalue weighted by Gasteiger charge is -2.09. The number of pyridine rings is 1. The lowest BCUT2D eigenvalue weighted by Crippen LogP contribution is -2.16. The van der Waals surface area contributed by atoms with Crippen molar-refractivity contribution in [3.05, 3.63) is 47.5 Å². The standard InChI is InChI=1S/C14H13ClFN3O2/c15-9-5-11(8-18-7-9)21-4-3-14(20)19-13-2-1-10(16)6-12(13)17/h1-2,5-8H,3-4,17H2,(H,19,20). The molecule has 0 fully saturated rings. The van der Waals surface area contributed by atoms with E-state index in [0.717, 1.165) is 6.07 Å². The number of hydrogen-bond acceptors (Lipinski definition) is 4. The van der Waals surface area contributed by atoms with Gasteiger partial charge in [-0.3, -0.25) is 9.78 Å². The first-order valence-electron chi connectivity index (χ1n) is 6.13. The maximum absolute atomic E-state index is 12.9. The third-order valence-corrected chi connectivity index (χ3v) is 2.77. The van der Waals surface area contributed by atoms with Crippen LogP contribution in [0.5, 0.6) is 5.75 Å². The highest BCUT2D eigenvalue weighted by molar-refractivity contribution is 6.30. The summed E-state index contributed by atoms with van der Waals surface area (Å²) in [4.78, 5) is 15.6. The highest BCUT2D eigenvalue weighted by Gasteiger charge is 2.06. The van der Waals surface area contributed by atoms with Gasteiger partial charge in [-0.25, -0.2) is 4.39 Å². The van der Waals surface area contributed by atoms with Gasteiger partial charge in [0.2, 0.25) is 5.91 Å². The number of carbonyl (C=O) groups is 1. The summed E-state index contributed by atoms with van der Waals surface area (Å²) in [7, 11) is 0. The Morgan fingerprint density at radius 1 is 1.38 bits per heavy atom. The third kappa shape index (κ3) is 4.61. The fraction of sp³-hybridized carbons (Fsp3) is 0.143. The van der Waals surface area contributed by atoms with Crippen LogP contribution >= 0.6 is 11.6 Å². The van der Waals surface area contributed by atoms with E-state index in [4.69, 9.17) is 22.1 Å². The van der Waals surface area contributed by atoms with E-state index in [9.17, 15) is 9.18 Å². The number of nitrogens with two attached hydrogens (primary N) is 1. The molecule has 5 nitrogen and oxygen atoms in total. The zero-order valence-corrected chi connectivity index (χ0v) is 11.7. The normalized spacial score (nSPS) is 10.2. The van der Waals surface area contributed by atoms with Gasteiger partial charge in [0, 0.05) is 12.3 Å². The van der Waals surface area contributed by atoms with Crippen molar-refractivity contribution in [2.75, 3.05) is 17.7 Å². The number of anilines is 2. The molecule has 1 amide bonds. The van der Waals surface area contributed by atoms with Gasteiger partial charge in [0.15, 0.2) is 0 Å². The van der Waals surface area contributed by atoms with Gasteiger partial charge in [-0.1, -0.05) is 11.6 Å². The zero-order valence-electron chi connectivity index (χ0n) is 11.0.